The SMILES string of the molecule is O=C1Nc2cc(Cl)ccc2/C1=C/c1c2ccccc2cc2ccccc12. The number of carbonyl (C=O) groups excluding carboxylic acids is 1. The molecule has 4 aromatic rings. The molecule has 0 saturated heterocycles. The monoisotopic (exact) mass is 355 g/mol. The standard InChI is InChI=1S/C23H14ClNO/c24-16-9-10-19-21(23(26)25-22(19)12-16)13-20-17-7-3-1-5-14(17)11-15-6-2-4-8-18(15)20/h1-13H,(H,25,26)/b21-13-. The van der Waals surface area contributed by atoms with Gasteiger partial charge in [-0.1, -0.05) is 66.2 Å². The van der Waals surface area contributed by atoms with Crippen LogP contribution in [0.2, 0.25) is 5.02 Å². The molecule has 0 atom stereocenters. The largest absolute Gasteiger partial charge is 0.321 e. The first-order valence-electron chi connectivity index (χ1n) is 8.44. The van der Waals surface area contributed by atoms with Crippen molar-refractivity contribution in [2.24, 2.45) is 0 Å². The van der Waals surface area contributed by atoms with Crippen LogP contribution in [0.4, 0.5) is 5.69 Å². The Labute approximate surface area is 155 Å². The molecule has 3 heteroatoms. The van der Waals surface area contributed by atoms with Crippen molar-refractivity contribution in [3.8, 4) is 0 Å². The van der Waals surface area contributed by atoms with Gasteiger partial charge in [0.1, 0.15) is 0 Å². The summed E-state index contributed by atoms with van der Waals surface area (Å²) in [5.74, 6) is -0.0979. The molecule has 0 fully saturated rings. The van der Waals surface area contributed by atoms with Gasteiger partial charge in [-0.3, -0.25) is 4.79 Å². The Kier molecular flexibility index (Phi) is 3.34. The maximum absolute atomic E-state index is 12.6. The minimum absolute atomic E-state index is 0.0979. The fourth-order valence-electron chi connectivity index (χ4n) is 3.66. The molecule has 4 aromatic carbocycles. The van der Waals surface area contributed by atoms with Crippen LogP contribution in [0.1, 0.15) is 11.1 Å². The van der Waals surface area contributed by atoms with Gasteiger partial charge in [0, 0.05) is 16.2 Å². The lowest BCUT2D eigenvalue weighted by Gasteiger charge is -2.09. The van der Waals surface area contributed by atoms with E-state index in [1.165, 1.54) is 0 Å². The molecule has 0 unspecified atom stereocenters. The number of carbonyl (C=O) groups is 1. The third-order valence-corrected chi connectivity index (χ3v) is 5.10. The molecule has 0 spiro atoms. The van der Waals surface area contributed by atoms with E-state index in [2.05, 4.69) is 35.6 Å². The third kappa shape index (κ3) is 2.31. The summed E-state index contributed by atoms with van der Waals surface area (Å²) in [5.41, 5.74) is 3.37. The van der Waals surface area contributed by atoms with E-state index in [1.807, 2.05) is 42.5 Å². The predicted molar refractivity (Wildman–Crippen MR) is 109 cm³/mol. The number of amides is 1. The Hall–Kier alpha value is -3.10. The molecule has 26 heavy (non-hydrogen) atoms. The van der Waals surface area contributed by atoms with Gasteiger partial charge in [0.2, 0.25) is 0 Å². The molecule has 1 amide bonds. The zero-order chi connectivity index (χ0) is 17.7. The van der Waals surface area contributed by atoms with Gasteiger partial charge in [-0.25, -0.2) is 0 Å². The lowest BCUT2D eigenvalue weighted by molar-refractivity contribution is -0.110. The number of benzene rings is 4. The number of halogens is 1. The first kappa shape index (κ1) is 15.2. The molecule has 1 N–H and O–H groups in total. The molecular formula is C23H14ClNO. The van der Waals surface area contributed by atoms with Gasteiger partial charge >= 0.3 is 0 Å². The van der Waals surface area contributed by atoms with Gasteiger partial charge in [0.25, 0.3) is 5.91 Å². The van der Waals surface area contributed by atoms with Crippen LogP contribution in [0.3, 0.4) is 0 Å². The number of rotatable bonds is 1. The molecule has 0 bridgehead atoms. The number of fused-ring (bicyclic) bond motifs is 3. The highest BCUT2D eigenvalue weighted by Gasteiger charge is 2.24. The van der Waals surface area contributed by atoms with Crippen molar-refractivity contribution < 1.29 is 4.79 Å². The van der Waals surface area contributed by atoms with Crippen LogP contribution in [0.15, 0.2) is 72.8 Å². The van der Waals surface area contributed by atoms with Gasteiger partial charge in [0.15, 0.2) is 0 Å². The van der Waals surface area contributed by atoms with Crippen molar-refractivity contribution in [1.82, 2.24) is 0 Å². The molecule has 0 radical (unpaired) electrons. The number of hydrogen-bond donors (Lipinski definition) is 1. The van der Waals surface area contributed by atoms with Crippen LogP contribution in [0, 0.1) is 0 Å². The molecule has 1 heterocycles. The van der Waals surface area contributed by atoms with Crippen molar-refractivity contribution in [1.29, 1.82) is 0 Å². The fraction of sp³-hybridized carbons (Fsp3) is 0. The van der Waals surface area contributed by atoms with E-state index in [9.17, 15) is 4.79 Å². The number of hydrogen-bond acceptors (Lipinski definition) is 1. The second kappa shape index (κ2) is 5.72. The Morgan fingerprint density at radius 1 is 0.808 bits per heavy atom. The van der Waals surface area contributed by atoms with Crippen LogP contribution in [-0.4, -0.2) is 5.91 Å². The minimum atomic E-state index is -0.0979. The van der Waals surface area contributed by atoms with Gasteiger partial charge in [-0.15, -0.1) is 0 Å². The highest BCUT2D eigenvalue weighted by atomic mass is 35.5. The number of nitrogens with one attached hydrogen (secondary N) is 1. The van der Waals surface area contributed by atoms with Crippen molar-refractivity contribution >= 4 is 56.4 Å². The second-order valence-electron chi connectivity index (χ2n) is 6.43. The summed E-state index contributed by atoms with van der Waals surface area (Å²) >= 11 is 6.06. The molecule has 2 nitrogen and oxygen atoms in total. The van der Waals surface area contributed by atoms with Crippen molar-refractivity contribution in [2.75, 3.05) is 5.32 Å². The minimum Gasteiger partial charge on any atom is -0.321 e. The van der Waals surface area contributed by atoms with E-state index in [-0.39, 0.29) is 5.91 Å². The lowest BCUT2D eigenvalue weighted by Crippen LogP contribution is -2.03. The summed E-state index contributed by atoms with van der Waals surface area (Å²) in [5, 5.41) is 8.11. The van der Waals surface area contributed by atoms with Crippen LogP contribution in [0.25, 0.3) is 33.2 Å². The van der Waals surface area contributed by atoms with E-state index in [0.29, 0.717) is 10.6 Å². The molecule has 0 aliphatic carbocycles. The average Bonchev–Trinajstić information content (AvgIpc) is 2.95. The number of anilines is 1. The summed E-state index contributed by atoms with van der Waals surface area (Å²) in [7, 11) is 0. The lowest BCUT2D eigenvalue weighted by atomic mass is 9.94. The summed E-state index contributed by atoms with van der Waals surface area (Å²) in [6, 6.07) is 24.2. The van der Waals surface area contributed by atoms with E-state index in [4.69, 9.17) is 11.6 Å². The van der Waals surface area contributed by atoms with Crippen LogP contribution < -0.4 is 5.32 Å². The van der Waals surface area contributed by atoms with E-state index >= 15 is 0 Å². The highest BCUT2D eigenvalue weighted by Crippen LogP contribution is 2.37. The smallest absolute Gasteiger partial charge is 0.256 e. The van der Waals surface area contributed by atoms with Crippen LogP contribution in [-0.2, 0) is 4.79 Å². The van der Waals surface area contributed by atoms with Crippen molar-refractivity contribution in [2.45, 2.75) is 0 Å². The van der Waals surface area contributed by atoms with E-state index < -0.39 is 0 Å². The van der Waals surface area contributed by atoms with Gasteiger partial charge in [-0.05, 0) is 51.4 Å². The molecule has 0 saturated carbocycles. The van der Waals surface area contributed by atoms with Crippen LogP contribution in [0.5, 0.6) is 0 Å². The Balaban J connectivity index is 1.85. The van der Waals surface area contributed by atoms with Crippen LogP contribution >= 0.6 is 11.6 Å². The van der Waals surface area contributed by atoms with E-state index in [1.54, 1.807) is 6.07 Å². The summed E-state index contributed by atoms with van der Waals surface area (Å²) in [6.45, 7) is 0. The van der Waals surface area contributed by atoms with E-state index in [0.717, 1.165) is 38.4 Å². The maximum atomic E-state index is 12.6. The molecule has 124 valence electrons. The molecule has 5 rings (SSSR count). The van der Waals surface area contributed by atoms with Gasteiger partial charge in [0.05, 0.1) is 5.69 Å². The quantitative estimate of drug-likeness (QED) is 0.322. The Morgan fingerprint density at radius 2 is 1.46 bits per heavy atom. The molecule has 1 aliphatic heterocycles. The summed E-state index contributed by atoms with van der Waals surface area (Å²) in [4.78, 5) is 12.6. The fourth-order valence-corrected chi connectivity index (χ4v) is 3.83. The third-order valence-electron chi connectivity index (χ3n) is 4.87. The summed E-state index contributed by atoms with van der Waals surface area (Å²) in [6.07, 6.45) is 2.00. The van der Waals surface area contributed by atoms with Crippen molar-refractivity contribution in [3.05, 3.63) is 88.9 Å². The first-order valence-corrected chi connectivity index (χ1v) is 8.82. The average molecular weight is 356 g/mol. The van der Waals surface area contributed by atoms with Gasteiger partial charge in [-0.2, -0.15) is 0 Å². The maximum Gasteiger partial charge on any atom is 0.256 e. The Morgan fingerprint density at radius 3 is 2.15 bits per heavy atom. The van der Waals surface area contributed by atoms with Crippen molar-refractivity contribution in [3.63, 3.8) is 0 Å². The highest BCUT2D eigenvalue weighted by molar-refractivity contribution is 6.37. The zero-order valence-corrected chi connectivity index (χ0v) is 14.5. The predicted octanol–water partition coefficient (Wildman–Crippen LogP) is 6.14. The Bertz CT molecular complexity index is 1190. The first-order chi connectivity index (χ1) is 12.7. The molecule has 1 aliphatic rings. The van der Waals surface area contributed by atoms with Gasteiger partial charge < -0.3 is 5.32 Å². The molecule has 0 aromatic heterocycles. The summed E-state index contributed by atoms with van der Waals surface area (Å²) < 4.78 is 0. The second-order valence-corrected chi connectivity index (χ2v) is 6.87. The normalized spacial score (nSPS) is 14.8. The molecular weight excluding hydrogens is 342 g/mol. The zero-order valence-electron chi connectivity index (χ0n) is 13.8. The topological polar surface area (TPSA) is 29.1 Å².